The molecule has 2 aromatic carbocycles. The van der Waals surface area contributed by atoms with Gasteiger partial charge in [0.15, 0.2) is 11.5 Å². The summed E-state index contributed by atoms with van der Waals surface area (Å²) < 4.78 is 13.0. The fourth-order valence-electron chi connectivity index (χ4n) is 4.10. The van der Waals surface area contributed by atoms with Crippen molar-refractivity contribution in [3.8, 4) is 17.2 Å². The van der Waals surface area contributed by atoms with Crippen LogP contribution in [0.4, 0.5) is 0 Å². The lowest BCUT2D eigenvalue weighted by molar-refractivity contribution is 0.247. The molecule has 1 aliphatic rings. The average Bonchev–Trinajstić information content (AvgIpc) is 3.37. The second-order valence-corrected chi connectivity index (χ2v) is 7.25. The number of nitrogens with zero attached hydrogens (tertiary/aromatic N) is 3. The molecule has 4 rings (SSSR count). The third-order valence-electron chi connectivity index (χ3n) is 5.58. The van der Waals surface area contributed by atoms with Crippen LogP contribution in [0.15, 0.2) is 54.9 Å². The summed E-state index contributed by atoms with van der Waals surface area (Å²) in [4.78, 5) is 6.86. The van der Waals surface area contributed by atoms with Gasteiger partial charge >= 0.3 is 0 Å². The maximum Gasteiger partial charge on any atom is 0.161 e. The molecular formula is C23H27N3O2. The van der Waals surface area contributed by atoms with Gasteiger partial charge in [0.2, 0.25) is 0 Å². The maximum absolute atomic E-state index is 5.50. The molecule has 1 aromatic heterocycles. The summed E-state index contributed by atoms with van der Waals surface area (Å²) >= 11 is 0. The quantitative estimate of drug-likeness (QED) is 0.632. The zero-order valence-corrected chi connectivity index (χ0v) is 16.8. The average molecular weight is 377 g/mol. The molecule has 0 radical (unpaired) electrons. The van der Waals surface area contributed by atoms with E-state index in [0.29, 0.717) is 6.04 Å². The predicted octanol–water partition coefficient (Wildman–Crippen LogP) is 4.54. The Bertz CT molecular complexity index is 933. The normalized spacial score (nSPS) is 17.0. The van der Waals surface area contributed by atoms with Crippen LogP contribution in [0.1, 0.15) is 35.8 Å². The summed E-state index contributed by atoms with van der Waals surface area (Å²) in [7, 11) is 3.37. The van der Waals surface area contributed by atoms with Crippen molar-refractivity contribution in [3.05, 3.63) is 71.8 Å². The van der Waals surface area contributed by atoms with E-state index in [4.69, 9.17) is 9.47 Å². The largest absolute Gasteiger partial charge is 0.493 e. The third kappa shape index (κ3) is 3.62. The zero-order valence-electron chi connectivity index (χ0n) is 16.8. The summed E-state index contributed by atoms with van der Waals surface area (Å²) in [6.45, 7) is 4.08. The molecule has 0 aliphatic carbocycles. The smallest absolute Gasteiger partial charge is 0.161 e. The van der Waals surface area contributed by atoms with E-state index in [1.807, 2.05) is 25.4 Å². The minimum absolute atomic E-state index is 0.412. The van der Waals surface area contributed by atoms with Crippen molar-refractivity contribution in [1.82, 2.24) is 14.5 Å². The molecule has 0 amide bonds. The zero-order chi connectivity index (χ0) is 19.5. The summed E-state index contributed by atoms with van der Waals surface area (Å²) in [6.07, 6.45) is 6.21. The molecule has 0 saturated carbocycles. The minimum atomic E-state index is 0.412. The van der Waals surface area contributed by atoms with Crippen LogP contribution in [0.25, 0.3) is 5.69 Å². The van der Waals surface area contributed by atoms with Gasteiger partial charge in [0, 0.05) is 30.7 Å². The Balaban J connectivity index is 1.51. The first-order valence-electron chi connectivity index (χ1n) is 9.75. The lowest BCUT2D eigenvalue weighted by Gasteiger charge is -2.25. The van der Waals surface area contributed by atoms with Crippen molar-refractivity contribution in [2.75, 3.05) is 20.8 Å². The maximum atomic E-state index is 5.50. The van der Waals surface area contributed by atoms with Crippen molar-refractivity contribution in [3.63, 3.8) is 0 Å². The minimum Gasteiger partial charge on any atom is -0.493 e. The molecule has 0 spiro atoms. The first kappa shape index (κ1) is 18.6. The summed E-state index contributed by atoms with van der Waals surface area (Å²) in [5.74, 6) is 2.58. The van der Waals surface area contributed by atoms with E-state index in [1.54, 1.807) is 14.2 Å². The molecule has 1 fully saturated rings. The fraction of sp³-hybridized carbons (Fsp3) is 0.348. The van der Waals surface area contributed by atoms with Crippen LogP contribution in [-0.4, -0.2) is 35.2 Å². The van der Waals surface area contributed by atoms with Crippen LogP contribution in [0, 0.1) is 6.92 Å². The number of ether oxygens (including phenoxy) is 2. The number of imidazole rings is 1. The Labute approximate surface area is 166 Å². The van der Waals surface area contributed by atoms with E-state index in [1.165, 1.54) is 24.0 Å². The molecule has 1 unspecified atom stereocenters. The Morgan fingerprint density at radius 2 is 1.82 bits per heavy atom. The van der Waals surface area contributed by atoms with Crippen LogP contribution in [0.3, 0.4) is 0 Å². The number of likely N-dealkylation sites (tertiary alicyclic amines) is 1. The molecular weight excluding hydrogens is 350 g/mol. The number of rotatable bonds is 6. The summed E-state index contributed by atoms with van der Waals surface area (Å²) in [5.41, 5.74) is 3.77. The monoisotopic (exact) mass is 377 g/mol. The molecule has 1 aliphatic heterocycles. The van der Waals surface area contributed by atoms with Gasteiger partial charge in [0.05, 0.1) is 14.2 Å². The first-order valence-corrected chi connectivity index (χ1v) is 9.75. The van der Waals surface area contributed by atoms with Gasteiger partial charge in [-0.25, -0.2) is 4.98 Å². The number of hydrogen-bond donors (Lipinski definition) is 0. The van der Waals surface area contributed by atoms with E-state index in [2.05, 4.69) is 50.8 Å². The fourth-order valence-corrected chi connectivity index (χ4v) is 4.10. The van der Waals surface area contributed by atoms with Gasteiger partial charge in [0.1, 0.15) is 5.82 Å². The Morgan fingerprint density at radius 1 is 1.04 bits per heavy atom. The van der Waals surface area contributed by atoms with Gasteiger partial charge in [0.25, 0.3) is 0 Å². The van der Waals surface area contributed by atoms with E-state index in [0.717, 1.165) is 36.1 Å². The summed E-state index contributed by atoms with van der Waals surface area (Å²) in [6, 6.07) is 15.5. The van der Waals surface area contributed by atoms with Crippen molar-refractivity contribution in [2.24, 2.45) is 0 Å². The van der Waals surface area contributed by atoms with Gasteiger partial charge in [-0.1, -0.05) is 18.2 Å². The van der Waals surface area contributed by atoms with Crippen molar-refractivity contribution < 1.29 is 9.47 Å². The van der Waals surface area contributed by atoms with Gasteiger partial charge in [-0.15, -0.1) is 0 Å². The number of aryl methyl sites for hydroxylation is 1. The molecule has 5 heteroatoms. The highest BCUT2D eigenvalue weighted by Crippen LogP contribution is 2.37. The second kappa shape index (κ2) is 8.07. The van der Waals surface area contributed by atoms with E-state index < -0.39 is 0 Å². The van der Waals surface area contributed by atoms with Gasteiger partial charge in [-0.2, -0.15) is 0 Å². The van der Waals surface area contributed by atoms with E-state index >= 15 is 0 Å². The molecule has 28 heavy (non-hydrogen) atoms. The Hall–Kier alpha value is -2.79. The topological polar surface area (TPSA) is 39.5 Å². The predicted molar refractivity (Wildman–Crippen MR) is 110 cm³/mol. The highest BCUT2D eigenvalue weighted by atomic mass is 16.5. The molecule has 146 valence electrons. The highest BCUT2D eigenvalue weighted by molar-refractivity contribution is 5.44. The number of hydrogen-bond acceptors (Lipinski definition) is 4. The Kier molecular flexibility index (Phi) is 5.35. The van der Waals surface area contributed by atoms with Gasteiger partial charge < -0.3 is 14.0 Å². The highest BCUT2D eigenvalue weighted by Gasteiger charge is 2.26. The molecule has 5 nitrogen and oxygen atoms in total. The lowest BCUT2D eigenvalue weighted by Crippen LogP contribution is -2.22. The van der Waals surface area contributed by atoms with Gasteiger partial charge in [-0.3, -0.25) is 4.90 Å². The molecule has 0 bridgehead atoms. The van der Waals surface area contributed by atoms with Crippen molar-refractivity contribution in [2.45, 2.75) is 32.4 Å². The lowest BCUT2D eigenvalue weighted by atomic mass is 10.0. The molecule has 3 aromatic rings. The Morgan fingerprint density at radius 3 is 2.50 bits per heavy atom. The molecule has 1 saturated heterocycles. The third-order valence-corrected chi connectivity index (χ3v) is 5.58. The first-order chi connectivity index (χ1) is 13.7. The van der Waals surface area contributed by atoms with Crippen LogP contribution < -0.4 is 9.47 Å². The van der Waals surface area contributed by atoms with Crippen LogP contribution in [0.2, 0.25) is 0 Å². The molecule has 2 heterocycles. The van der Waals surface area contributed by atoms with Gasteiger partial charge in [-0.05, 0) is 61.7 Å². The molecule has 0 N–H and O–H groups in total. The number of aromatic nitrogens is 2. The van der Waals surface area contributed by atoms with Crippen LogP contribution in [0.5, 0.6) is 11.5 Å². The van der Waals surface area contributed by atoms with Crippen LogP contribution in [-0.2, 0) is 6.54 Å². The standard InChI is InChI=1S/C23H27N3O2/c1-17-24-12-14-26(17)20-9-6-18(7-10-20)16-25-13-4-5-21(25)19-8-11-22(27-2)23(15-19)28-3/h6-12,14-15,21H,4-5,13,16H2,1-3H3. The van der Waals surface area contributed by atoms with Crippen molar-refractivity contribution in [1.29, 1.82) is 0 Å². The summed E-state index contributed by atoms with van der Waals surface area (Å²) in [5, 5.41) is 0. The number of methoxy groups -OCH3 is 2. The van der Waals surface area contributed by atoms with E-state index in [-0.39, 0.29) is 0 Å². The second-order valence-electron chi connectivity index (χ2n) is 7.25. The SMILES string of the molecule is COc1ccc(C2CCCN2Cc2ccc(-n3ccnc3C)cc2)cc1OC. The van der Waals surface area contributed by atoms with E-state index in [9.17, 15) is 0 Å². The molecule has 1 atom stereocenters. The number of benzene rings is 2. The van der Waals surface area contributed by atoms with Crippen LogP contribution >= 0.6 is 0 Å². The van der Waals surface area contributed by atoms with Crippen molar-refractivity contribution >= 4 is 0 Å².